The number of fused-ring (bicyclic) bond motifs is 1. The molecule has 0 radical (unpaired) electrons. The summed E-state index contributed by atoms with van der Waals surface area (Å²) < 4.78 is 7.17. The van der Waals surface area contributed by atoms with Crippen LogP contribution in [-0.4, -0.2) is 26.8 Å². The number of ether oxygens (including phenoxy) is 1. The van der Waals surface area contributed by atoms with Gasteiger partial charge in [-0.1, -0.05) is 29.8 Å². The highest BCUT2D eigenvalue weighted by Gasteiger charge is 2.16. The molecule has 0 bridgehead atoms. The highest BCUT2D eigenvalue weighted by atomic mass is 35.5. The van der Waals surface area contributed by atoms with Crippen molar-refractivity contribution in [2.24, 2.45) is 7.05 Å². The second-order valence-electron chi connectivity index (χ2n) is 6.33. The van der Waals surface area contributed by atoms with Gasteiger partial charge >= 0.3 is 0 Å². The number of halogens is 1. The number of rotatable bonds is 4. The molecule has 6 heteroatoms. The number of imidazole rings is 1. The third-order valence-corrected chi connectivity index (χ3v) is 4.84. The van der Waals surface area contributed by atoms with Crippen LogP contribution in [0.1, 0.15) is 17.4 Å². The van der Waals surface area contributed by atoms with Crippen molar-refractivity contribution in [3.05, 3.63) is 77.3 Å². The molecule has 0 spiro atoms. The maximum Gasteiger partial charge on any atom is 0.214 e. The molecular formula is C21H18ClN3O2. The smallest absolute Gasteiger partial charge is 0.214 e. The van der Waals surface area contributed by atoms with Gasteiger partial charge in [-0.15, -0.1) is 0 Å². The first kappa shape index (κ1) is 17.5. The van der Waals surface area contributed by atoms with E-state index in [0.29, 0.717) is 10.9 Å². The summed E-state index contributed by atoms with van der Waals surface area (Å²) in [7, 11) is 3.45. The second-order valence-corrected chi connectivity index (χ2v) is 6.77. The molecule has 1 N–H and O–H groups in total. The molecule has 5 nitrogen and oxygen atoms in total. The fourth-order valence-electron chi connectivity index (χ4n) is 3.19. The number of benzene rings is 2. The number of hydrogen-bond donors (Lipinski definition) is 1. The molecule has 0 fully saturated rings. The van der Waals surface area contributed by atoms with Crippen LogP contribution in [0.25, 0.3) is 22.0 Å². The quantitative estimate of drug-likeness (QED) is 0.571. The Bertz CT molecular complexity index is 1120. The maximum absolute atomic E-state index is 10.8. The van der Waals surface area contributed by atoms with Gasteiger partial charge in [-0.05, 0) is 41.0 Å². The Morgan fingerprint density at radius 1 is 1.15 bits per heavy atom. The van der Waals surface area contributed by atoms with E-state index in [1.54, 1.807) is 24.2 Å². The molecule has 1 atom stereocenters. The summed E-state index contributed by atoms with van der Waals surface area (Å²) in [6.07, 6.45) is 2.55. The molecule has 136 valence electrons. The Balaban J connectivity index is 1.92. The van der Waals surface area contributed by atoms with Crippen molar-refractivity contribution in [2.75, 3.05) is 7.11 Å². The molecule has 4 rings (SSSR count). The zero-order valence-corrected chi connectivity index (χ0v) is 15.7. The average Bonchev–Trinajstić information content (AvgIpc) is 3.12. The third kappa shape index (κ3) is 3.27. The number of nitrogens with zero attached hydrogens (tertiary/aromatic N) is 3. The molecule has 0 aliphatic carbocycles. The predicted molar refractivity (Wildman–Crippen MR) is 106 cm³/mol. The van der Waals surface area contributed by atoms with Crippen molar-refractivity contribution in [3.8, 4) is 17.0 Å². The van der Waals surface area contributed by atoms with Crippen molar-refractivity contribution >= 4 is 22.5 Å². The van der Waals surface area contributed by atoms with Gasteiger partial charge in [0.2, 0.25) is 5.88 Å². The largest absolute Gasteiger partial charge is 0.481 e. The van der Waals surface area contributed by atoms with E-state index in [-0.39, 0.29) is 0 Å². The lowest BCUT2D eigenvalue weighted by Crippen LogP contribution is -2.05. The zero-order valence-electron chi connectivity index (χ0n) is 14.9. The standard InChI is InChI=1S/C21H18ClN3O2/c1-25-12-23-11-19(25)21(26)14-6-7-18-17(9-14)16(10-20(24-18)27-2)13-4-3-5-15(22)8-13/h3-12,21,26H,1-2H3. The monoisotopic (exact) mass is 379 g/mol. The van der Waals surface area contributed by atoms with Crippen LogP contribution < -0.4 is 4.74 Å². The third-order valence-electron chi connectivity index (χ3n) is 4.60. The predicted octanol–water partition coefficient (Wildman–Crippen LogP) is 4.38. The number of hydrogen-bond acceptors (Lipinski definition) is 4. The molecular weight excluding hydrogens is 362 g/mol. The lowest BCUT2D eigenvalue weighted by atomic mass is 9.97. The van der Waals surface area contributed by atoms with Crippen LogP contribution >= 0.6 is 11.6 Å². The first-order valence-electron chi connectivity index (χ1n) is 8.45. The SMILES string of the molecule is COc1cc(-c2cccc(Cl)c2)c2cc(C(O)c3cncn3C)ccc2n1. The summed E-state index contributed by atoms with van der Waals surface area (Å²) in [5.41, 5.74) is 4.17. The van der Waals surface area contributed by atoms with Gasteiger partial charge in [0.25, 0.3) is 0 Å². The molecule has 0 amide bonds. The summed E-state index contributed by atoms with van der Waals surface area (Å²) >= 11 is 6.19. The number of aromatic nitrogens is 3. The highest BCUT2D eigenvalue weighted by Crippen LogP contribution is 2.34. The van der Waals surface area contributed by atoms with E-state index in [0.717, 1.165) is 33.3 Å². The summed E-state index contributed by atoms with van der Waals surface area (Å²) in [4.78, 5) is 8.62. The van der Waals surface area contributed by atoms with Gasteiger partial charge in [0.15, 0.2) is 0 Å². The minimum Gasteiger partial charge on any atom is -0.481 e. The zero-order chi connectivity index (χ0) is 19.0. The molecule has 0 saturated heterocycles. The van der Waals surface area contributed by atoms with Crippen LogP contribution in [0.5, 0.6) is 5.88 Å². The normalized spacial score (nSPS) is 12.3. The van der Waals surface area contributed by atoms with Gasteiger partial charge in [-0.3, -0.25) is 0 Å². The minimum atomic E-state index is -0.781. The summed E-state index contributed by atoms with van der Waals surface area (Å²) in [5, 5.41) is 12.4. The molecule has 4 aromatic rings. The number of aliphatic hydroxyl groups is 1. The average molecular weight is 380 g/mol. The molecule has 2 aromatic carbocycles. The molecule has 1 unspecified atom stereocenters. The van der Waals surface area contributed by atoms with E-state index >= 15 is 0 Å². The fourth-order valence-corrected chi connectivity index (χ4v) is 3.38. The van der Waals surface area contributed by atoms with Crippen LogP contribution in [0, 0.1) is 0 Å². The van der Waals surface area contributed by atoms with E-state index in [4.69, 9.17) is 16.3 Å². The Morgan fingerprint density at radius 3 is 2.70 bits per heavy atom. The van der Waals surface area contributed by atoms with E-state index in [9.17, 15) is 5.11 Å². The number of pyridine rings is 1. The Kier molecular flexibility index (Phi) is 4.56. The Hall–Kier alpha value is -2.89. The number of aliphatic hydroxyl groups excluding tert-OH is 1. The first-order chi connectivity index (χ1) is 13.1. The van der Waals surface area contributed by atoms with E-state index in [1.807, 2.05) is 55.6 Å². The minimum absolute atomic E-state index is 0.525. The second kappa shape index (κ2) is 7.02. The van der Waals surface area contributed by atoms with Crippen LogP contribution in [0.2, 0.25) is 5.02 Å². The van der Waals surface area contributed by atoms with Gasteiger partial charge in [0, 0.05) is 23.5 Å². The molecule has 0 aliphatic rings. The molecule has 27 heavy (non-hydrogen) atoms. The van der Waals surface area contributed by atoms with Crippen LogP contribution in [0.3, 0.4) is 0 Å². The highest BCUT2D eigenvalue weighted by molar-refractivity contribution is 6.30. The summed E-state index contributed by atoms with van der Waals surface area (Å²) in [5.74, 6) is 0.525. The van der Waals surface area contributed by atoms with E-state index < -0.39 is 6.10 Å². The Morgan fingerprint density at radius 2 is 2.00 bits per heavy atom. The van der Waals surface area contributed by atoms with Gasteiger partial charge < -0.3 is 14.4 Å². The van der Waals surface area contributed by atoms with Crippen molar-refractivity contribution in [1.29, 1.82) is 0 Å². The number of aryl methyl sites for hydroxylation is 1. The van der Waals surface area contributed by atoms with Crippen LogP contribution in [-0.2, 0) is 7.05 Å². The van der Waals surface area contributed by atoms with Crippen LogP contribution in [0.4, 0.5) is 0 Å². The first-order valence-corrected chi connectivity index (χ1v) is 8.83. The molecule has 2 heterocycles. The van der Waals surface area contributed by atoms with Gasteiger partial charge in [0.05, 0.1) is 30.8 Å². The van der Waals surface area contributed by atoms with Gasteiger partial charge in [-0.25, -0.2) is 9.97 Å². The fraction of sp³-hybridized carbons (Fsp3) is 0.143. The summed E-state index contributed by atoms with van der Waals surface area (Å²) in [6.45, 7) is 0. The maximum atomic E-state index is 10.8. The Labute approximate surface area is 161 Å². The van der Waals surface area contributed by atoms with E-state index in [1.165, 1.54) is 0 Å². The lowest BCUT2D eigenvalue weighted by molar-refractivity contribution is 0.211. The van der Waals surface area contributed by atoms with E-state index in [2.05, 4.69) is 9.97 Å². The van der Waals surface area contributed by atoms with Crippen LogP contribution in [0.15, 0.2) is 61.1 Å². The lowest BCUT2D eigenvalue weighted by Gasteiger charge is -2.15. The number of methoxy groups -OCH3 is 1. The van der Waals surface area contributed by atoms with Gasteiger partial charge in [-0.2, -0.15) is 0 Å². The van der Waals surface area contributed by atoms with Crippen molar-refractivity contribution in [2.45, 2.75) is 6.10 Å². The molecule has 0 saturated carbocycles. The van der Waals surface area contributed by atoms with Crippen molar-refractivity contribution < 1.29 is 9.84 Å². The molecule has 2 aromatic heterocycles. The van der Waals surface area contributed by atoms with Crippen molar-refractivity contribution in [3.63, 3.8) is 0 Å². The van der Waals surface area contributed by atoms with Gasteiger partial charge in [0.1, 0.15) is 6.10 Å². The topological polar surface area (TPSA) is 60.2 Å². The summed E-state index contributed by atoms with van der Waals surface area (Å²) in [6, 6.07) is 15.2. The molecule has 0 aliphatic heterocycles. The van der Waals surface area contributed by atoms with Crippen molar-refractivity contribution in [1.82, 2.24) is 14.5 Å².